The van der Waals surface area contributed by atoms with Crippen molar-refractivity contribution < 1.29 is 35.4 Å². The molecular weight excluding hydrogens is 439 g/mol. The number of nitro benzene ring substituents is 1. The van der Waals surface area contributed by atoms with Crippen LogP contribution in [0.3, 0.4) is 0 Å². The fourth-order valence-corrected chi connectivity index (χ4v) is 3.61. The summed E-state index contributed by atoms with van der Waals surface area (Å²) in [5.74, 6) is 0. The number of benzene rings is 2. The van der Waals surface area contributed by atoms with Crippen LogP contribution >= 0.6 is 0 Å². The van der Waals surface area contributed by atoms with Crippen molar-refractivity contribution in [2.75, 3.05) is 6.61 Å². The van der Waals surface area contributed by atoms with Gasteiger partial charge in [0.15, 0.2) is 0 Å². The summed E-state index contributed by atoms with van der Waals surface area (Å²) in [4.78, 5) is 10.4. The summed E-state index contributed by atoms with van der Waals surface area (Å²) >= 11 is 0. The zero-order valence-electron chi connectivity index (χ0n) is 16.0. The van der Waals surface area contributed by atoms with Crippen molar-refractivity contribution in [2.45, 2.75) is 30.6 Å². The van der Waals surface area contributed by atoms with Gasteiger partial charge in [0.05, 0.1) is 17.6 Å². The zero-order chi connectivity index (χ0) is 22.6. The second-order valence-corrected chi connectivity index (χ2v) is 8.37. The van der Waals surface area contributed by atoms with Crippen molar-refractivity contribution in [1.82, 2.24) is 0 Å². The average molecular weight is 457 g/mol. The van der Waals surface area contributed by atoms with E-state index in [1.165, 1.54) is 30.3 Å². The number of nitrogens with zero attached hydrogens (tertiary/aromatic N) is 1. The maximum atomic E-state index is 12.5. The summed E-state index contributed by atoms with van der Waals surface area (Å²) in [6, 6.07) is 14.9. The molecule has 7 nitrogen and oxygen atoms in total. The lowest BCUT2D eigenvalue weighted by atomic mass is 9.90. The zero-order valence-corrected chi connectivity index (χ0v) is 16.8. The Bertz CT molecular complexity index is 1050. The van der Waals surface area contributed by atoms with E-state index in [-0.39, 0.29) is 11.8 Å². The lowest BCUT2D eigenvalue weighted by Crippen LogP contribution is -2.26. The van der Waals surface area contributed by atoms with E-state index in [2.05, 4.69) is 4.18 Å². The number of alkyl halides is 3. The van der Waals surface area contributed by atoms with Gasteiger partial charge in [0.2, 0.25) is 0 Å². The van der Waals surface area contributed by atoms with Crippen LogP contribution in [-0.2, 0) is 19.0 Å². The van der Waals surface area contributed by atoms with Gasteiger partial charge in [-0.25, -0.2) is 0 Å². The Labute approximate surface area is 176 Å². The van der Waals surface area contributed by atoms with Gasteiger partial charge in [0.25, 0.3) is 5.69 Å². The first-order valence-electron chi connectivity index (χ1n) is 9.18. The number of nitro groups is 1. The minimum absolute atomic E-state index is 0.121. The second-order valence-electron chi connectivity index (χ2n) is 6.77. The Hall–Kier alpha value is -2.76. The first kappa shape index (κ1) is 22.9. The lowest BCUT2D eigenvalue weighted by molar-refractivity contribution is -0.384. The Morgan fingerprint density at radius 1 is 1.10 bits per heavy atom. The van der Waals surface area contributed by atoms with Gasteiger partial charge >= 0.3 is 15.6 Å². The fraction of sp³-hybridized carbons (Fsp3) is 0.300. The third-order valence-corrected chi connectivity index (χ3v) is 5.78. The van der Waals surface area contributed by atoms with Gasteiger partial charge in [0.1, 0.15) is 6.10 Å². The smallest absolute Gasteiger partial charge is 0.361 e. The third kappa shape index (κ3) is 5.49. The summed E-state index contributed by atoms with van der Waals surface area (Å²) in [6.07, 6.45) is 1.15. The van der Waals surface area contributed by atoms with Crippen LogP contribution < -0.4 is 0 Å². The number of rotatable bonds is 6. The predicted octanol–water partition coefficient (Wildman–Crippen LogP) is 4.98. The van der Waals surface area contributed by atoms with Crippen LogP contribution in [0, 0.1) is 10.1 Å². The first-order valence-corrected chi connectivity index (χ1v) is 10.6. The van der Waals surface area contributed by atoms with Crippen molar-refractivity contribution in [1.29, 1.82) is 0 Å². The second kappa shape index (κ2) is 9.16. The quantitative estimate of drug-likeness (QED) is 0.200. The molecule has 166 valence electrons. The van der Waals surface area contributed by atoms with Crippen LogP contribution in [0.4, 0.5) is 18.9 Å². The minimum atomic E-state index is -5.71. The van der Waals surface area contributed by atoms with Gasteiger partial charge in [-0.05, 0) is 41.7 Å². The van der Waals surface area contributed by atoms with E-state index in [9.17, 15) is 31.7 Å². The molecule has 0 aliphatic carbocycles. The summed E-state index contributed by atoms with van der Waals surface area (Å²) < 4.78 is 69.9. The minimum Gasteiger partial charge on any atom is -0.361 e. The maximum Gasteiger partial charge on any atom is 0.523 e. The monoisotopic (exact) mass is 457 g/mol. The fourth-order valence-electron chi connectivity index (χ4n) is 3.23. The highest BCUT2D eigenvalue weighted by atomic mass is 32.2. The molecule has 2 unspecified atom stereocenters. The molecule has 1 fully saturated rings. The van der Waals surface area contributed by atoms with Crippen molar-refractivity contribution in [2.24, 2.45) is 0 Å². The summed E-state index contributed by atoms with van der Waals surface area (Å²) in [5.41, 5.74) is -3.65. The van der Waals surface area contributed by atoms with E-state index in [1.54, 1.807) is 0 Å². The molecule has 2 atom stereocenters. The summed E-state index contributed by atoms with van der Waals surface area (Å²) in [5, 5.41) is 10.9. The number of hydrogen-bond donors (Lipinski definition) is 0. The van der Waals surface area contributed by atoms with E-state index in [1.807, 2.05) is 30.3 Å². The standard InChI is InChI=1S/C20H18F3NO6S/c21-20(22,23)31(27,28)29-13-12-16-8-11-18(14-4-2-1-3-5-14)30-19(16)15-6-9-17(10-7-15)24(25)26/h1-7,9-10,12,18-19H,8,11,13H2. The number of hydrogen-bond acceptors (Lipinski definition) is 6. The van der Waals surface area contributed by atoms with Crippen LogP contribution in [0.2, 0.25) is 0 Å². The molecule has 1 heterocycles. The van der Waals surface area contributed by atoms with Gasteiger partial charge in [-0.3, -0.25) is 14.3 Å². The van der Waals surface area contributed by atoms with Gasteiger partial charge in [-0.2, -0.15) is 21.6 Å². The molecule has 1 saturated heterocycles. The van der Waals surface area contributed by atoms with Gasteiger partial charge < -0.3 is 4.74 Å². The van der Waals surface area contributed by atoms with Crippen molar-refractivity contribution in [3.05, 3.63) is 87.5 Å². The molecule has 0 radical (unpaired) electrons. The van der Waals surface area contributed by atoms with Gasteiger partial charge in [0, 0.05) is 12.1 Å². The molecule has 11 heteroatoms. The molecule has 31 heavy (non-hydrogen) atoms. The molecule has 0 amide bonds. The molecule has 0 bridgehead atoms. The predicted molar refractivity (Wildman–Crippen MR) is 104 cm³/mol. The first-order chi connectivity index (χ1) is 14.6. The van der Waals surface area contributed by atoms with Crippen molar-refractivity contribution >= 4 is 15.8 Å². The van der Waals surface area contributed by atoms with Gasteiger partial charge in [-0.1, -0.05) is 36.4 Å². The van der Waals surface area contributed by atoms with Crippen LogP contribution in [0.25, 0.3) is 0 Å². The molecule has 3 rings (SSSR count). The molecule has 2 aromatic carbocycles. The molecule has 1 aliphatic rings. The topological polar surface area (TPSA) is 95.7 Å². The SMILES string of the molecule is O=[N+]([O-])c1ccc(C2OC(c3ccccc3)CCC2=CCOS(=O)(=O)C(F)(F)F)cc1. The number of halogens is 3. The molecule has 1 aliphatic heterocycles. The average Bonchev–Trinajstić information content (AvgIpc) is 2.74. The highest BCUT2D eigenvalue weighted by molar-refractivity contribution is 7.87. The Balaban J connectivity index is 1.85. The molecule has 0 saturated carbocycles. The van der Waals surface area contributed by atoms with E-state index in [0.29, 0.717) is 24.0 Å². The Morgan fingerprint density at radius 2 is 1.74 bits per heavy atom. The Kier molecular flexibility index (Phi) is 6.77. The maximum absolute atomic E-state index is 12.5. The van der Waals surface area contributed by atoms with Crippen LogP contribution in [0.5, 0.6) is 0 Å². The summed E-state index contributed by atoms with van der Waals surface area (Å²) in [7, 11) is -5.71. The summed E-state index contributed by atoms with van der Waals surface area (Å²) in [6.45, 7) is -0.806. The normalized spacial score (nSPS) is 21.2. The molecule has 0 N–H and O–H groups in total. The van der Waals surface area contributed by atoms with Crippen molar-refractivity contribution in [3.8, 4) is 0 Å². The van der Waals surface area contributed by atoms with Gasteiger partial charge in [-0.15, -0.1) is 0 Å². The highest BCUT2D eigenvalue weighted by Gasteiger charge is 2.47. The highest BCUT2D eigenvalue weighted by Crippen LogP contribution is 2.42. The van der Waals surface area contributed by atoms with Crippen LogP contribution in [0.1, 0.15) is 36.2 Å². The molecule has 0 spiro atoms. The lowest BCUT2D eigenvalue weighted by Gasteiger charge is -2.33. The van der Waals surface area contributed by atoms with Crippen LogP contribution in [-0.4, -0.2) is 25.5 Å². The molecule has 0 aromatic heterocycles. The molecular formula is C20H18F3NO6S. The van der Waals surface area contributed by atoms with Crippen LogP contribution in [0.15, 0.2) is 66.2 Å². The van der Waals surface area contributed by atoms with E-state index in [0.717, 1.165) is 5.56 Å². The largest absolute Gasteiger partial charge is 0.523 e. The Morgan fingerprint density at radius 3 is 2.32 bits per heavy atom. The number of ether oxygens (including phenoxy) is 1. The van der Waals surface area contributed by atoms with Crippen molar-refractivity contribution in [3.63, 3.8) is 0 Å². The van der Waals surface area contributed by atoms with E-state index >= 15 is 0 Å². The molecule has 2 aromatic rings. The van der Waals surface area contributed by atoms with E-state index < -0.39 is 33.3 Å². The third-order valence-electron chi connectivity index (χ3n) is 4.76. The van der Waals surface area contributed by atoms with E-state index in [4.69, 9.17) is 4.74 Å². The number of non-ortho nitro benzene ring substituents is 1.